The number of rotatable bonds is 2. The molecule has 0 amide bonds. The molecule has 0 atom stereocenters. The van der Waals surface area contributed by atoms with Crippen LogP contribution in [0.2, 0.25) is 0 Å². The minimum atomic E-state index is 0.608. The predicted octanol–water partition coefficient (Wildman–Crippen LogP) is 3.72. The van der Waals surface area contributed by atoms with Gasteiger partial charge in [0.15, 0.2) is 5.82 Å². The lowest BCUT2D eigenvalue weighted by Crippen LogP contribution is -1.99. The Bertz CT molecular complexity index is 742. The summed E-state index contributed by atoms with van der Waals surface area (Å²) >= 11 is 3.42. The van der Waals surface area contributed by atoms with Crippen molar-refractivity contribution in [2.24, 2.45) is 0 Å². The molecule has 0 fully saturated rings. The summed E-state index contributed by atoms with van der Waals surface area (Å²) < 4.78 is 0.953. The molecule has 0 saturated heterocycles. The monoisotopic (exact) mass is 314 g/mol. The first kappa shape index (κ1) is 11.9. The van der Waals surface area contributed by atoms with Crippen molar-refractivity contribution in [1.82, 2.24) is 9.97 Å². The minimum Gasteiger partial charge on any atom is -0.396 e. The molecule has 94 valence electrons. The third-order valence-corrected chi connectivity index (χ3v) is 3.20. The van der Waals surface area contributed by atoms with Crippen LogP contribution in [0.15, 0.2) is 53.3 Å². The maximum atomic E-state index is 5.88. The van der Waals surface area contributed by atoms with E-state index in [4.69, 9.17) is 5.73 Å². The largest absolute Gasteiger partial charge is 0.396 e. The number of pyridine rings is 2. The molecule has 3 rings (SSSR count). The number of halogens is 1. The summed E-state index contributed by atoms with van der Waals surface area (Å²) in [5.74, 6) is 0.639. The zero-order valence-electron chi connectivity index (χ0n) is 9.97. The first-order valence-electron chi connectivity index (χ1n) is 5.76. The van der Waals surface area contributed by atoms with Crippen LogP contribution >= 0.6 is 15.9 Å². The normalized spacial score (nSPS) is 10.6. The van der Waals surface area contributed by atoms with Crippen LogP contribution in [0.1, 0.15) is 0 Å². The van der Waals surface area contributed by atoms with Crippen molar-refractivity contribution in [3.63, 3.8) is 0 Å². The van der Waals surface area contributed by atoms with Crippen LogP contribution in [0.5, 0.6) is 0 Å². The number of aromatic nitrogens is 2. The average Bonchev–Trinajstić information content (AvgIpc) is 2.41. The van der Waals surface area contributed by atoms with E-state index in [1.165, 1.54) is 0 Å². The summed E-state index contributed by atoms with van der Waals surface area (Å²) in [6, 6.07) is 11.6. The smallest absolute Gasteiger partial charge is 0.153 e. The first-order chi connectivity index (χ1) is 9.24. The van der Waals surface area contributed by atoms with Gasteiger partial charge >= 0.3 is 0 Å². The van der Waals surface area contributed by atoms with Gasteiger partial charge in [-0.2, -0.15) is 0 Å². The Labute approximate surface area is 118 Å². The number of nitrogen functional groups attached to an aromatic ring is 1. The lowest BCUT2D eigenvalue weighted by atomic mass is 10.2. The van der Waals surface area contributed by atoms with Gasteiger partial charge in [0, 0.05) is 22.3 Å². The Kier molecular flexibility index (Phi) is 3.05. The second kappa shape index (κ2) is 4.85. The fraction of sp³-hybridized carbons (Fsp3) is 0. The van der Waals surface area contributed by atoms with Gasteiger partial charge in [-0.15, -0.1) is 0 Å². The quantitative estimate of drug-likeness (QED) is 0.756. The van der Waals surface area contributed by atoms with Crippen LogP contribution < -0.4 is 11.1 Å². The van der Waals surface area contributed by atoms with Crippen LogP contribution in [0, 0.1) is 0 Å². The molecule has 2 heterocycles. The van der Waals surface area contributed by atoms with Gasteiger partial charge in [-0.05, 0) is 40.2 Å². The number of fused-ring (bicyclic) bond motifs is 1. The zero-order chi connectivity index (χ0) is 13.2. The highest BCUT2D eigenvalue weighted by Gasteiger charge is 2.05. The average molecular weight is 315 g/mol. The van der Waals surface area contributed by atoms with Crippen LogP contribution in [-0.2, 0) is 0 Å². The van der Waals surface area contributed by atoms with Crippen molar-refractivity contribution >= 4 is 44.0 Å². The fourth-order valence-corrected chi connectivity index (χ4v) is 2.23. The summed E-state index contributed by atoms with van der Waals surface area (Å²) in [4.78, 5) is 8.65. The Morgan fingerprint density at radius 3 is 2.84 bits per heavy atom. The Hall–Kier alpha value is -2.14. The number of hydrogen-bond acceptors (Lipinski definition) is 4. The number of nitrogens with one attached hydrogen (secondary N) is 1. The molecule has 0 aliphatic carbocycles. The van der Waals surface area contributed by atoms with Gasteiger partial charge in [0.25, 0.3) is 0 Å². The maximum absolute atomic E-state index is 5.88. The third-order valence-electron chi connectivity index (χ3n) is 2.77. The number of nitrogens with zero attached hydrogens (tertiary/aromatic N) is 2. The van der Waals surface area contributed by atoms with Crippen LogP contribution in [0.3, 0.4) is 0 Å². The molecule has 3 aromatic rings. The summed E-state index contributed by atoms with van der Waals surface area (Å²) in [6.45, 7) is 0. The highest BCUT2D eigenvalue weighted by atomic mass is 79.9. The first-order valence-corrected chi connectivity index (χ1v) is 6.55. The molecule has 0 saturated carbocycles. The highest BCUT2D eigenvalue weighted by molar-refractivity contribution is 9.10. The van der Waals surface area contributed by atoms with Gasteiger partial charge in [0.2, 0.25) is 0 Å². The van der Waals surface area contributed by atoms with Crippen LogP contribution in [0.25, 0.3) is 10.9 Å². The van der Waals surface area contributed by atoms with Crippen LogP contribution in [0.4, 0.5) is 17.2 Å². The molecule has 4 nitrogen and oxygen atoms in total. The molecule has 2 aromatic heterocycles. The number of para-hydroxylation sites is 1. The lowest BCUT2D eigenvalue weighted by Gasteiger charge is -2.10. The van der Waals surface area contributed by atoms with E-state index in [0.717, 1.165) is 21.1 Å². The van der Waals surface area contributed by atoms with Crippen molar-refractivity contribution < 1.29 is 0 Å². The topological polar surface area (TPSA) is 63.8 Å². The van der Waals surface area contributed by atoms with Gasteiger partial charge in [-0.1, -0.05) is 12.1 Å². The van der Waals surface area contributed by atoms with Gasteiger partial charge in [-0.25, -0.2) is 4.98 Å². The van der Waals surface area contributed by atoms with E-state index < -0.39 is 0 Å². The molecule has 3 N–H and O–H groups in total. The standard InChI is InChI=1S/C14H11BrN4/c15-10-7-9-3-1-5-12(13(9)18-8-10)19-14-11(16)4-2-6-17-14/h1-8H,16H2,(H,17,19). The molecule has 0 aliphatic rings. The molecule has 0 spiro atoms. The van der Waals surface area contributed by atoms with E-state index in [1.807, 2.05) is 30.3 Å². The van der Waals surface area contributed by atoms with E-state index in [0.29, 0.717) is 11.5 Å². The molecular formula is C14H11BrN4. The molecule has 0 bridgehead atoms. The van der Waals surface area contributed by atoms with Gasteiger partial charge in [-0.3, -0.25) is 4.98 Å². The van der Waals surface area contributed by atoms with Crippen molar-refractivity contribution in [1.29, 1.82) is 0 Å². The van der Waals surface area contributed by atoms with Gasteiger partial charge < -0.3 is 11.1 Å². The number of anilines is 3. The lowest BCUT2D eigenvalue weighted by molar-refractivity contribution is 1.31. The summed E-state index contributed by atoms with van der Waals surface area (Å²) in [7, 11) is 0. The Morgan fingerprint density at radius 1 is 1.11 bits per heavy atom. The third kappa shape index (κ3) is 2.37. The molecule has 5 heteroatoms. The predicted molar refractivity (Wildman–Crippen MR) is 81.4 cm³/mol. The van der Waals surface area contributed by atoms with E-state index in [-0.39, 0.29) is 0 Å². The highest BCUT2D eigenvalue weighted by Crippen LogP contribution is 2.27. The summed E-state index contributed by atoms with van der Waals surface area (Å²) in [6.07, 6.45) is 3.48. The fourth-order valence-electron chi connectivity index (χ4n) is 1.88. The van der Waals surface area contributed by atoms with Crippen molar-refractivity contribution in [2.75, 3.05) is 11.1 Å². The number of benzene rings is 1. The Balaban J connectivity index is 2.09. The second-order valence-corrected chi connectivity index (χ2v) is 5.01. The molecular weight excluding hydrogens is 304 g/mol. The van der Waals surface area contributed by atoms with Crippen LogP contribution in [-0.4, -0.2) is 9.97 Å². The Morgan fingerprint density at radius 2 is 2.00 bits per heavy atom. The van der Waals surface area contributed by atoms with Crippen molar-refractivity contribution in [3.05, 3.63) is 53.3 Å². The zero-order valence-corrected chi connectivity index (χ0v) is 11.6. The van der Waals surface area contributed by atoms with E-state index in [9.17, 15) is 0 Å². The second-order valence-electron chi connectivity index (χ2n) is 4.10. The van der Waals surface area contributed by atoms with Crippen molar-refractivity contribution in [2.45, 2.75) is 0 Å². The molecule has 0 aliphatic heterocycles. The SMILES string of the molecule is Nc1cccnc1Nc1cccc2cc(Br)cnc12. The van der Waals surface area contributed by atoms with E-state index in [2.05, 4.69) is 31.2 Å². The number of hydrogen-bond donors (Lipinski definition) is 2. The minimum absolute atomic E-state index is 0.608. The maximum Gasteiger partial charge on any atom is 0.153 e. The van der Waals surface area contributed by atoms with Gasteiger partial charge in [0.1, 0.15) is 0 Å². The number of nitrogens with two attached hydrogens (primary N) is 1. The molecule has 0 radical (unpaired) electrons. The molecule has 1 aromatic carbocycles. The van der Waals surface area contributed by atoms with Crippen molar-refractivity contribution in [3.8, 4) is 0 Å². The molecule has 19 heavy (non-hydrogen) atoms. The molecule has 0 unspecified atom stereocenters. The van der Waals surface area contributed by atoms with Gasteiger partial charge in [0.05, 0.1) is 16.9 Å². The summed E-state index contributed by atoms with van der Waals surface area (Å²) in [5.41, 5.74) is 8.26. The summed E-state index contributed by atoms with van der Waals surface area (Å²) in [5, 5.41) is 4.27. The van der Waals surface area contributed by atoms with E-state index >= 15 is 0 Å². The van der Waals surface area contributed by atoms with E-state index in [1.54, 1.807) is 18.5 Å².